The number of nitrogens with zero attached hydrogens (tertiary/aromatic N) is 3. The van der Waals surface area contributed by atoms with E-state index in [0.29, 0.717) is 5.82 Å². The molecule has 0 saturated carbocycles. The number of anilines is 1. The van der Waals surface area contributed by atoms with Crippen LogP contribution in [0.4, 0.5) is 5.82 Å². The molecule has 0 aromatic carbocycles. The van der Waals surface area contributed by atoms with Crippen molar-refractivity contribution in [3.05, 3.63) is 36.3 Å². The molecule has 2 aromatic heterocycles. The van der Waals surface area contributed by atoms with Gasteiger partial charge in [0.2, 0.25) is 0 Å². The van der Waals surface area contributed by atoms with Crippen molar-refractivity contribution in [2.45, 2.75) is 13.3 Å². The first kappa shape index (κ1) is 8.74. The molecule has 14 heavy (non-hydrogen) atoms. The number of nitrogens with two attached hydrogens (primary N) is 1. The predicted octanol–water partition coefficient (Wildman–Crippen LogP) is 1.41. The zero-order chi connectivity index (χ0) is 9.97. The number of aryl methyl sites for hydroxylation is 1. The Labute approximate surface area is 82.4 Å². The molecule has 0 unspecified atom stereocenters. The van der Waals surface area contributed by atoms with Crippen LogP contribution in [0.2, 0.25) is 0 Å². The summed E-state index contributed by atoms with van der Waals surface area (Å²) in [6.07, 6.45) is 6.55. The van der Waals surface area contributed by atoms with Gasteiger partial charge in [-0.2, -0.15) is 5.10 Å². The lowest BCUT2D eigenvalue weighted by Gasteiger charge is -1.99. The van der Waals surface area contributed by atoms with Crippen LogP contribution in [0.1, 0.15) is 12.5 Å². The third-order valence-electron chi connectivity index (χ3n) is 2.08. The van der Waals surface area contributed by atoms with Crippen molar-refractivity contribution in [2.75, 3.05) is 5.73 Å². The van der Waals surface area contributed by atoms with Crippen molar-refractivity contribution in [3.63, 3.8) is 0 Å². The van der Waals surface area contributed by atoms with Crippen molar-refractivity contribution >= 4 is 5.82 Å². The maximum absolute atomic E-state index is 5.50. The molecule has 72 valence electrons. The molecular weight excluding hydrogens is 176 g/mol. The highest BCUT2D eigenvalue weighted by molar-refractivity contribution is 5.36. The lowest BCUT2D eigenvalue weighted by Crippen LogP contribution is -1.96. The van der Waals surface area contributed by atoms with Crippen molar-refractivity contribution in [1.82, 2.24) is 14.8 Å². The zero-order valence-corrected chi connectivity index (χ0v) is 8.01. The summed E-state index contributed by atoms with van der Waals surface area (Å²) in [4.78, 5) is 4.01. The van der Waals surface area contributed by atoms with E-state index in [0.717, 1.165) is 12.1 Å². The van der Waals surface area contributed by atoms with Crippen LogP contribution < -0.4 is 5.73 Å². The normalized spacial score (nSPS) is 10.4. The van der Waals surface area contributed by atoms with E-state index >= 15 is 0 Å². The molecule has 0 radical (unpaired) electrons. The molecular formula is C10H12N4. The highest BCUT2D eigenvalue weighted by Crippen LogP contribution is 2.08. The van der Waals surface area contributed by atoms with E-state index in [2.05, 4.69) is 17.0 Å². The third kappa shape index (κ3) is 1.59. The molecule has 0 aliphatic rings. The number of pyridine rings is 1. The van der Waals surface area contributed by atoms with Crippen molar-refractivity contribution in [2.24, 2.45) is 0 Å². The Morgan fingerprint density at radius 3 is 2.79 bits per heavy atom. The monoisotopic (exact) mass is 188 g/mol. The van der Waals surface area contributed by atoms with E-state index in [1.165, 1.54) is 5.56 Å². The van der Waals surface area contributed by atoms with Gasteiger partial charge in [-0.3, -0.25) is 0 Å². The molecule has 0 amide bonds. The first-order valence-corrected chi connectivity index (χ1v) is 4.55. The molecule has 0 bridgehead atoms. The number of rotatable bonds is 2. The van der Waals surface area contributed by atoms with Gasteiger partial charge in [0.05, 0.1) is 18.1 Å². The second-order valence-electron chi connectivity index (χ2n) is 3.09. The van der Waals surface area contributed by atoms with Crippen LogP contribution in [0, 0.1) is 0 Å². The molecule has 0 saturated heterocycles. The quantitative estimate of drug-likeness (QED) is 0.775. The van der Waals surface area contributed by atoms with Crippen LogP contribution >= 0.6 is 0 Å². The highest BCUT2D eigenvalue weighted by atomic mass is 15.3. The molecule has 2 N–H and O–H groups in total. The Balaban J connectivity index is 2.34. The Morgan fingerprint density at radius 2 is 2.21 bits per heavy atom. The minimum atomic E-state index is 0.525. The average Bonchev–Trinajstić information content (AvgIpc) is 2.67. The van der Waals surface area contributed by atoms with Crippen LogP contribution in [0.3, 0.4) is 0 Å². The Hall–Kier alpha value is -1.84. The SMILES string of the molecule is CCc1cnn(-c2ccc(N)nc2)c1. The summed E-state index contributed by atoms with van der Waals surface area (Å²) in [5.41, 5.74) is 7.63. The topological polar surface area (TPSA) is 56.7 Å². The Bertz CT molecular complexity index is 416. The van der Waals surface area contributed by atoms with E-state index in [4.69, 9.17) is 5.73 Å². The highest BCUT2D eigenvalue weighted by Gasteiger charge is 1.99. The lowest BCUT2D eigenvalue weighted by molar-refractivity contribution is 0.874. The maximum atomic E-state index is 5.50. The second-order valence-corrected chi connectivity index (χ2v) is 3.09. The van der Waals surface area contributed by atoms with Crippen molar-refractivity contribution in [1.29, 1.82) is 0 Å². The van der Waals surface area contributed by atoms with Crippen LogP contribution in [-0.4, -0.2) is 14.8 Å². The van der Waals surface area contributed by atoms with Gasteiger partial charge in [-0.1, -0.05) is 6.92 Å². The smallest absolute Gasteiger partial charge is 0.123 e. The Morgan fingerprint density at radius 1 is 1.36 bits per heavy atom. The molecule has 0 atom stereocenters. The molecule has 2 aromatic rings. The summed E-state index contributed by atoms with van der Waals surface area (Å²) in [5, 5.41) is 4.22. The van der Waals surface area contributed by atoms with E-state index in [9.17, 15) is 0 Å². The molecule has 4 nitrogen and oxygen atoms in total. The Kier molecular flexibility index (Phi) is 2.18. The second kappa shape index (κ2) is 3.49. The van der Waals surface area contributed by atoms with Crippen molar-refractivity contribution in [3.8, 4) is 5.69 Å². The maximum Gasteiger partial charge on any atom is 0.123 e. The van der Waals surface area contributed by atoms with Gasteiger partial charge in [-0.05, 0) is 24.1 Å². The van der Waals surface area contributed by atoms with Gasteiger partial charge in [-0.25, -0.2) is 9.67 Å². The summed E-state index contributed by atoms with van der Waals surface area (Å²) < 4.78 is 1.80. The van der Waals surface area contributed by atoms with Crippen LogP contribution in [0.25, 0.3) is 5.69 Å². The molecule has 0 fully saturated rings. The van der Waals surface area contributed by atoms with E-state index in [1.807, 2.05) is 18.5 Å². The zero-order valence-electron chi connectivity index (χ0n) is 8.01. The van der Waals surface area contributed by atoms with Gasteiger partial charge in [0.15, 0.2) is 0 Å². The van der Waals surface area contributed by atoms with Crippen LogP contribution in [0.5, 0.6) is 0 Å². The molecule has 0 spiro atoms. The standard InChI is InChI=1S/C10H12N4/c1-2-8-5-13-14(7-8)9-3-4-10(11)12-6-9/h3-7H,2H2,1H3,(H2,11,12). The first-order valence-electron chi connectivity index (χ1n) is 4.55. The number of hydrogen-bond donors (Lipinski definition) is 1. The minimum Gasteiger partial charge on any atom is -0.384 e. The number of hydrogen-bond acceptors (Lipinski definition) is 3. The predicted molar refractivity (Wildman–Crippen MR) is 55.1 cm³/mol. The van der Waals surface area contributed by atoms with Gasteiger partial charge in [-0.15, -0.1) is 0 Å². The average molecular weight is 188 g/mol. The summed E-state index contributed by atoms with van der Waals surface area (Å²) in [7, 11) is 0. The molecule has 2 heterocycles. The number of aromatic nitrogens is 3. The van der Waals surface area contributed by atoms with Gasteiger partial charge < -0.3 is 5.73 Å². The summed E-state index contributed by atoms with van der Waals surface area (Å²) in [6, 6.07) is 3.66. The fourth-order valence-corrected chi connectivity index (χ4v) is 1.22. The summed E-state index contributed by atoms with van der Waals surface area (Å²) in [6.45, 7) is 2.10. The molecule has 0 aliphatic carbocycles. The number of nitrogen functional groups attached to an aromatic ring is 1. The van der Waals surface area contributed by atoms with E-state index < -0.39 is 0 Å². The van der Waals surface area contributed by atoms with Gasteiger partial charge >= 0.3 is 0 Å². The minimum absolute atomic E-state index is 0.525. The molecule has 2 rings (SSSR count). The molecule has 0 aliphatic heterocycles. The fraction of sp³-hybridized carbons (Fsp3) is 0.200. The van der Waals surface area contributed by atoms with Gasteiger partial charge in [0.1, 0.15) is 5.82 Å². The summed E-state index contributed by atoms with van der Waals surface area (Å²) in [5.74, 6) is 0.525. The lowest BCUT2D eigenvalue weighted by atomic mass is 10.3. The third-order valence-corrected chi connectivity index (χ3v) is 2.08. The summed E-state index contributed by atoms with van der Waals surface area (Å²) >= 11 is 0. The largest absolute Gasteiger partial charge is 0.384 e. The first-order chi connectivity index (χ1) is 6.79. The van der Waals surface area contributed by atoms with E-state index in [1.54, 1.807) is 16.9 Å². The van der Waals surface area contributed by atoms with E-state index in [-0.39, 0.29) is 0 Å². The van der Waals surface area contributed by atoms with Crippen molar-refractivity contribution < 1.29 is 0 Å². The van der Waals surface area contributed by atoms with Crippen LogP contribution in [0.15, 0.2) is 30.7 Å². The van der Waals surface area contributed by atoms with Gasteiger partial charge in [0, 0.05) is 6.20 Å². The fourth-order valence-electron chi connectivity index (χ4n) is 1.22. The van der Waals surface area contributed by atoms with Gasteiger partial charge in [0.25, 0.3) is 0 Å². The molecule has 4 heteroatoms. The van der Waals surface area contributed by atoms with Crippen LogP contribution in [-0.2, 0) is 6.42 Å².